The minimum absolute atomic E-state index is 0.292. The summed E-state index contributed by atoms with van der Waals surface area (Å²) in [5.74, 6) is 0. The fourth-order valence-electron chi connectivity index (χ4n) is 1.91. The van der Waals surface area contributed by atoms with Crippen molar-refractivity contribution in [3.8, 4) is 0 Å². The highest BCUT2D eigenvalue weighted by atomic mass is 32.2. The molecule has 1 aromatic rings. The Labute approximate surface area is 103 Å². The van der Waals surface area contributed by atoms with Crippen LogP contribution in [0.25, 0.3) is 0 Å². The van der Waals surface area contributed by atoms with Crippen LogP contribution in [0.5, 0.6) is 0 Å². The lowest BCUT2D eigenvalue weighted by molar-refractivity contribution is -0.137. The maximum absolute atomic E-state index is 12.5. The highest BCUT2D eigenvalue weighted by molar-refractivity contribution is 7.89. The minimum Gasteiger partial charge on any atom is -0.207 e. The van der Waals surface area contributed by atoms with Gasteiger partial charge in [-0.3, -0.25) is 0 Å². The van der Waals surface area contributed by atoms with Crippen LogP contribution < -0.4 is 0 Å². The van der Waals surface area contributed by atoms with Crippen LogP contribution >= 0.6 is 0 Å². The largest absolute Gasteiger partial charge is 0.416 e. The van der Waals surface area contributed by atoms with Gasteiger partial charge in [-0.2, -0.15) is 17.5 Å². The van der Waals surface area contributed by atoms with Gasteiger partial charge in [0.25, 0.3) is 0 Å². The van der Waals surface area contributed by atoms with Gasteiger partial charge in [-0.1, -0.05) is 6.07 Å². The van der Waals surface area contributed by atoms with Crippen molar-refractivity contribution in [3.05, 3.63) is 29.8 Å². The highest BCUT2D eigenvalue weighted by Gasteiger charge is 2.33. The Balaban J connectivity index is 2.39. The predicted molar refractivity (Wildman–Crippen MR) is 59.4 cm³/mol. The lowest BCUT2D eigenvalue weighted by atomic mass is 10.2. The molecule has 7 heteroatoms. The number of benzene rings is 1. The Morgan fingerprint density at radius 1 is 1.11 bits per heavy atom. The third-order valence-electron chi connectivity index (χ3n) is 2.86. The third-order valence-corrected chi connectivity index (χ3v) is 4.76. The smallest absolute Gasteiger partial charge is 0.207 e. The second kappa shape index (κ2) is 4.55. The molecule has 1 aromatic carbocycles. The Morgan fingerprint density at radius 2 is 1.72 bits per heavy atom. The van der Waals surface area contributed by atoms with Gasteiger partial charge in [-0.25, -0.2) is 8.42 Å². The number of hydrogen-bond acceptors (Lipinski definition) is 2. The summed E-state index contributed by atoms with van der Waals surface area (Å²) >= 11 is 0. The molecule has 18 heavy (non-hydrogen) atoms. The Kier molecular flexibility index (Phi) is 3.37. The van der Waals surface area contributed by atoms with E-state index in [-0.39, 0.29) is 4.90 Å². The van der Waals surface area contributed by atoms with Crippen LogP contribution in [-0.2, 0) is 16.2 Å². The summed E-state index contributed by atoms with van der Waals surface area (Å²) in [5.41, 5.74) is -0.942. The molecule has 3 nitrogen and oxygen atoms in total. The summed E-state index contributed by atoms with van der Waals surface area (Å²) in [6, 6.07) is 3.87. The fourth-order valence-corrected chi connectivity index (χ4v) is 3.47. The van der Waals surface area contributed by atoms with Gasteiger partial charge in [-0.15, -0.1) is 0 Å². The summed E-state index contributed by atoms with van der Waals surface area (Å²) in [6.07, 6.45) is -3.03. The second-order valence-electron chi connectivity index (χ2n) is 4.14. The van der Waals surface area contributed by atoms with Crippen LogP contribution in [0.4, 0.5) is 13.2 Å². The first-order valence-corrected chi connectivity index (χ1v) is 6.93. The van der Waals surface area contributed by atoms with Gasteiger partial charge in [-0.05, 0) is 31.0 Å². The maximum atomic E-state index is 12.5. The summed E-state index contributed by atoms with van der Waals surface area (Å²) in [4.78, 5) is -0.292. The molecule has 0 atom stereocenters. The van der Waals surface area contributed by atoms with E-state index in [9.17, 15) is 21.6 Å². The van der Waals surface area contributed by atoms with Crippen molar-refractivity contribution in [2.75, 3.05) is 13.1 Å². The van der Waals surface area contributed by atoms with Crippen LogP contribution in [0.3, 0.4) is 0 Å². The Bertz CT molecular complexity index is 533. The highest BCUT2D eigenvalue weighted by Crippen LogP contribution is 2.31. The number of rotatable bonds is 2. The zero-order chi connectivity index (χ0) is 13.4. The zero-order valence-corrected chi connectivity index (χ0v) is 10.3. The monoisotopic (exact) mass is 279 g/mol. The molecule has 1 aliphatic rings. The summed E-state index contributed by atoms with van der Waals surface area (Å²) in [5, 5.41) is 0. The minimum atomic E-state index is -4.53. The molecule has 0 aliphatic carbocycles. The van der Waals surface area contributed by atoms with Gasteiger partial charge in [0.05, 0.1) is 10.5 Å². The first-order valence-electron chi connectivity index (χ1n) is 5.49. The topological polar surface area (TPSA) is 37.4 Å². The molecule has 0 N–H and O–H groups in total. The zero-order valence-electron chi connectivity index (χ0n) is 9.44. The van der Waals surface area contributed by atoms with E-state index in [0.717, 1.165) is 25.0 Å². The predicted octanol–water partition coefficient (Wildman–Crippen LogP) is 2.49. The van der Waals surface area contributed by atoms with Crippen LogP contribution in [0.1, 0.15) is 18.4 Å². The van der Waals surface area contributed by atoms with Gasteiger partial charge >= 0.3 is 6.18 Å². The van der Waals surface area contributed by atoms with Crippen LogP contribution in [0.15, 0.2) is 29.2 Å². The molecule has 0 amide bonds. The standard InChI is InChI=1S/C11H12F3NO2S/c12-11(13,14)9-4-3-5-10(8-9)18(16,17)15-6-1-2-7-15/h3-5,8H,1-2,6-7H2. The van der Waals surface area contributed by atoms with Gasteiger partial charge < -0.3 is 0 Å². The molecular formula is C11H12F3NO2S. The lowest BCUT2D eigenvalue weighted by Crippen LogP contribution is -2.28. The van der Waals surface area contributed by atoms with Crippen LogP contribution in [0, 0.1) is 0 Å². The fraction of sp³-hybridized carbons (Fsp3) is 0.455. The van der Waals surface area contributed by atoms with Crippen molar-refractivity contribution in [2.45, 2.75) is 23.9 Å². The Hall–Kier alpha value is -1.08. The SMILES string of the molecule is O=S(=O)(c1cccc(C(F)(F)F)c1)N1CCCC1. The lowest BCUT2D eigenvalue weighted by Gasteiger charge is -2.16. The molecule has 0 saturated carbocycles. The van der Waals surface area contributed by atoms with E-state index < -0.39 is 21.8 Å². The molecule has 1 heterocycles. The van der Waals surface area contributed by atoms with E-state index in [1.165, 1.54) is 10.4 Å². The number of halogens is 3. The van der Waals surface area contributed by atoms with Crippen molar-refractivity contribution >= 4 is 10.0 Å². The quantitative estimate of drug-likeness (QED) is 0.834. The van der Waals surface area contributed by atoms with Crippen molar-refractivity contribution in [1.29, 1.82) is 0 Å². The van der Waals surface area contributed by atoms with E-state index in [4.69, 9.17) is 0 Å². The first-order chi connectivity index (χ1) is 8.32. The van der Waals surface area contributed by atoms with Crippen molar-refractivity contribution in [2.24, 2.45) is 0 Å². The molecule has 2 rings (SSSR count). The molecule has 0 bridgehead atoms. The summed E-state index contributed by atoms with van der Waals surface area (Å²) in [6.45, 7) is 0.747. The molecule has 0 unspecified atom stereocenters. The number of hydrogen-bond donors (Lipinski definition) is 0. The van der Waals surface area contributed by atoms with E-state index in [2.05, 4.69) is 0 Å². The van der Waals surface area contributed by atoms with Crippen molar-refractivity contribution in [3.63, 3.8) is 0 Å². The van der Waals surface area contributed by atoms with Crippen molar-refractivity contribution in [1.82, 2.24) is 4.31 Å². The molecular weight excluding hydrogens is 267 g/mol. The molecule has 1 saturated heterocycles. The average Bonchev–Trinajstić information content (AvgIpc) is 2.82. The van der Waals surface area contributed by atoms with E-state index in [1.807, 2.05) is 0 Å². The molecule has 0 radical (unpaired) electrons. The van der Waals surface area contributed by atoms with E-state index in [0.29, 0.717) is 19.2 Å². The molecule has 100 valence electrons. The average molecular weight is 279 g/mol. The van der Waals surface area contributed by atoms with Gasteiger partial charge in [0, 0.05) is 13.1 Å². The second-order valence-corrected chi connectivity index (χ2v) is 6.07. The third kappa shape index (κ3) is 2.51. The summed E-state index contributed by atoms with van der Waals surface area (Å²) in [7, 11) is -3.79. The van der Waals surface area contributed by atoms with Crippen molar-refractivity contribution < 1.29 is 21.6 Å². The van der Waals surface area contributed by atoms with E-state index >= 15 is 0 Å². The first kappa shape index (κ1) is 13.4. The number of nitrogens with zero attached hydrogens (tertiary/aromatic N) is 1. The van der Waals surface area contributed by atoms with Gasteiger partial charge in [0.15, 0.2) is 0 Å². The maximum Gasteiger partial charge on any atom is 0.416 e. The molecule has 1 fully saturated rings. The van der Waals surface area contributed by atoms with Crippen LogP contribution in [0.2, 0.25) is 0 Å². The van der Waals surface area contributed by atoms with Crippen LogP contribution in [-0.4, -0.2) is 25.8 Å². The van der Waals surface area contributed by atoms with E-state index in [1.54, 1.807) is 0 Å². The Morgan fingerprint density at radius 3 is 2.28 bits per heavy atom. The molecule has 0 spiro atoms. The van der Waals surface area contributed by atoms with Gasteiger partial charge in [0.2, 0.25) is 10.0 Å². The summed E-state index contributed by atoms with van der Waals surface area (Å²) < 4.78 is 62.9. The number of sulfonamides is 1. The van der Waals surface area contributed by atoms with Gasteiger partial charge in [0.1, 0.15) is 0 Å². The number of alkyl halides is 3. The molecule has 0 aromatic heterocycles. The normalized spacial score (nSPS) is 18.2. The molecule has 1 aliphatic heterocycles.